The topological polar surface area (TPSA) is 91.8 Å². The number of benzene rings is 2. The van der Waals surface area contributed by atoms with Crippen LogP contribution >= 0.6 is 0 Å². The maximum absolute atomic E-state index is 12.2. The molecule has 0 aliphatic carbocycles. The van der Waals surface area contributed by atoms with Gasteiger partial charge in [0.05, 0.1) is 24.5 Å². The molecule has 2 aromatic carbocycles. The maximum atomic E-state index is 12.2. The third kappa shape index (κ3) is 2.56. The zero-order chi connectivity index (χ0) is 17.3. The van der Waals surface area contributed by atoms with E-state index in [4.69, 9.17) is 13.9 Å². The van der Waals surface area contributed by atoms with E-state index in [2.05, 4.69) is 0 Å². The molecule has 0 saturated heterocycles. The van der Waals surface area contributed by atoms with Gasteiger partial charge in [-0.1, -0.05) is 12.1 Å². The molecule has 7 heteroatoms. The van der Waals surface area contributed by atoms with Crippen LogP contribution in [0, 0.1) is 10.1 Å². The fourth-order valence-corrected chi connectivity index (χ4v) is 2.47. The fraction of sp³-hybridized carbons (Fsp3) is 0.118. The first-order valence-electron chi connectivity index (χ1n) is 6.99. The molecule has 0 unspecified atom stereocenters. The fourth-order valence-electron chi connectivity index (χ4n) is 2.47. The molecule has 0 saturated carbocycles. The van der Waals surface area contributed by atoms with Crippen LogP contribution in [0.3, 0.4) is 0 Å². The highest BCUT2D eigenvalue weighted by molar-refractivity contribution is 5.79. The average molecular weight is 327 g/mol. The van der Waals surface area contributed by atoms with E-state index in [0.29, 0.717) is 16.5 Å². The predicted molar refractivity (Wildman–Crippen MR) is 87.7 cm³/mol. The van der Waals surface area contributed by atoms with Gasteiger partial charge in [-0.05, 0) is 18.2 Å². The van der Waals surface area contributed by atoms with Crippen molar-refractivity contribution in [2.75, 3.05) is 14.2 Å². The van der Waals surface area contributed by atoms with Crippen molar-refractivity contribution in [3.63, 3.8) is 0 Å². The summed E-state index contributed by atoms with van der Waals surface area (Å²) < 4.78 is 15.9. The molecule has 1 heterocycles. The lowest BCUT2D eigenvalue weighted by Gasteiger charge is -2.10. The second-order valence-corrected chi connectivity index (χ2v) is 4.96. The number of nitro groups is 1. The van der Waals surface area contributed by atoms with Crippen LogP contribution in [0.4, 0.5) is 5.69 Å². The molecular formula is C17H13NO6. The quantitative estimate of drug-likeness (QED) is 0.539. The van der Waals surface area contributed by atoms with Crippen molar-refractivity contribution in [3.8, 4) is 22.8 Å². The molecule has 0 bridgehead atoms. The number of para-hydroxylation sites is 1. The molecule has 0 fully saturated rings. The van der Waals surface area contributed by atoms with Crippen LogP contribution in [0.15, 0.2) is 51.7 Å². The van der Waals surface area contributed by atoms with E-state index < -0.39 is 4.92 Å². The number of hydrogen-bond acceptors (Lipinski definition) is 6. The first-order chi connectivity index (χ1) is 11.5. The van der Waals surface area contributed by atoms with E-state index in [1.165, 1.54) is 32.4 Å². The van der Waals surface area contributed by atoms with Crippen molar-refractivity contribution in [1.82, 2.24) is 0 Å². The Balaban J connectivity index is 2.28. The average Bonchev–Trinajstić information content (AvgIpc) is 2.60. The molecule has 0 atom stereocenters. The van der Waals surface area contributed by atoms with E-state index in [9.17, 15) is 14.9 Å². The number of hydrogen-bond donors (Lipinski definition) is 0. The Bertz CT molecular complexity index is 992. The van der Waals surface area contributed by atoms with Gasteiger partial charge in [0.15, 0.2) is 11.2 Å². The zero-order valence-electron chi connectivity index (χ0n) is 12.9. The second-order valence-electron chi connectivity index (χ2n) is 4.96. The van der Waals surface area contributed by atoms with Crippen LogP contribution in [0.2, 0.25) is 0 Å². The van der Waals surface area contributed by atoms with Gasteiger partial charge in [0.25, 0.3) is 0 Å². The molecule has 7 nitrogen and oxygen atoms in total. The number of rotatable bonds is 4. The molecule has 0 N–H and O–H groups in total. The van der Waals surface area contributed by atoms with Crippen LogP contribution in [-0.4, -0.2) is 19.1 Å². The summed E-state index contributed by atoms with van der Waals surface area (Å²) in [6.07, 6.45) is 0. The largest absolute Gasteiger partial charge is 0.493 e. The minimum Gasteiger partial charge on any atom is -0.493 e. The minimum atomic E-state index is -0.579. The van der Waals surface area contributed by atoms with Gasteiger partial charge in [-0.2, -0.15) is 0 Å². The standard InChI is InChI=1S/C17H13NO6/c1-22-16-8-10(7-12(18(20)21)17(16)23-2)15-9-13(19)11-5-3-4-6-14(11)24-15/h3-9H,1-2H3. The van der Waals surface area contributed by atoms with E-state index in [0.717, 1.165) is 0 Å². The zero-order valence-corrected chi connectivity index (χ0v) is 12.9. The van der Waals surface area contributed by atoms with Crippen LogP contribution < -0.4 is 14.9 Å². The molecule has 3 aromatic rings. The second kappa shape index (κ2) is 6.04. The van der Waals surface area contributed by atoms with Crippen LogP contribution in [0.5, 0.6) is 11.5 Å². The van der Waals surface area contributed by atoms with E-state index >= 15 is 0 Å². The van der Waals surface area contributed by atoms with Crippen molar-refractivity contribution in [3.05, 3.63) is 62.8 Å². The van der Waals surface area contributed by atoms with Crippen molar-refractivity contribution in [1.29, 1.82) is 0 Å². The Kier molecular flexibility index (Phi) is 3.91. The lowest BCUT2D eigenvalue weighted by Crippen LogP contribution is -2.01. The normalized spacial score (nSPS) is 10.6. The molecule has 0 aliphatic heterocycles. The SMILES string of the molecule is COc1cc(-c2cc(=O)c3ccccc3o2)cc([N+](=O)[O-])c1OC. The Hall–Kier alpha value is -3.35. The highest BCUT2D eigenvalue weighted by Crippen LogP contribution is 2.41. The maximum Gasteiger partial charge on any atom is 0.315 e. The summed E-state index contributed by atoms with van der Waals surface area (Å²) in [5, 5.41) is 11.7. The van der Waals surface area contributed by atoms with Gasteiger partial charge in [-0.3, -0.25) is 14.9 Å². The van der Waals surface area contributed by atoms with Crippen molar-refractivity contribution in [2.45, 2.75) is 0 Å². The Morgan fingerprint density at radius 3 is 2.50 bits per heavy atom. The molecule has 3 rings (SSSR count). The van der Waals surface area contributed by atoms with E-state index in [1.54, 1.807) is 24.3 Å². The molecule has 122 valence electrons. The van der Waals surface area contributed by atoms with E-state index in [-0.39, 0.29) is 28.4 Å². The highest BCUT2D eigenvalue weighted by Gasteiger charge is 2.23. The monoisotopic (exact) mass is 327 g/mol. The highest BCUT2D eigenvalue weighted by atomic mass is 16.6. The number of fused-ring (bicyclic) bond motifs is 1. The Morgan fingerprint density at radius 2 is 1.83 bits per heavy atom. The predicted octanol–water partition coefficient (Wildman–Crippen LogP) is 3.39. The van der Waals surface area contributed by atoms with Gasteiger partial charge in [-0.25, -0.2) is 0 Å². The van der Waals surface area contributed by atoms with Gasteiger partial charge in [0, 0.05) is 17.7 Å². The molecule has 0 spiro atoms. The summed E-state index contributed by atoms with van der Waals surface area (Å²) in [4.78, 5) is 22.9. The Morgan fingerprint density at radius 1 is 1.08 bits per heavy atom. The molecule has 1 aromatic heterocycles. The number of nitrogens with zero attached hydrogens (tertiary/aromatic N) is 1. The summed E-state index contributed by atoms with van der Waals surface area (Å²) in [5.41, 5.74) is 0.242. The third-order valence-corrected chi connectivity index (χ3v) is 3.58. The molecule has 0 amide bonds. The Labute approximate surface area is 136 Å². The molecule has 0 aliphatic rings. The van der Waals surface area contributed by atoms with Crippen LogP contribution in [-0.2, 0) is 0 Å². The van der Waals surface area contributed by atoms with Gasteiger partial charge in [-0.15, -0.1) is 0 Å². The van der Waals surface area contributed by atoms with Crippen LogP contribution in [0.1, 0.15) is 0 Å². The first-order valence-corrected chi connectivity index (χ1v) is 6.99. The minimum absolute atomic E-state index is 0.00869. The van der Waals surface area contributed by atoms with Crippen LogP contribution in [0.25, 0.3) is 22.3 Å². The van der Waals surface area contributed by atoms with Gasteiger partial charge in [0.2, 0.25) is 5.75 Å². The summed E-state index contributed by atoms with van der Waals surface area (Å²) in [5.74, 6) is 0.398. The summed E-state index contributed by atoms with van der Waals surface area (Å²) >= 11 is 0. The first kappa shape index (κ1) is 15.5. The van der Waals surface area contributed by atoms with Crippen molar-refractivity contribution >= 4 is 16.7 Å². The number of ether oxygens (including phenoxy) is 2. The van der Waals surface area contributed by atoms with Crippen molar-refractivity contribution in [2.24, 2.45) is 0 Å². The van der Waals surface area contributed by atoms with Crippen molar-refractivity contribution < 1.29 is 18.8 Å². The summed E-state index contributed by atoms with van der Waals surface area (Å²) in [6, 6.07) is 10.9. The molecule has 0 radical (unpaired) electrons. The number of nitro benzene ring substituents is 1. The van der Waals surface area contributed by atoms with Gasteiger partial charge in [0.1, 0.15) is 11.3 Å². The van der Waals surface area contributed by atoms with E-state index in [1.807, 2.05) is 0 Å². The van der Waals surface area contributed by atoms with Gasteiger partial charge < -0.3 is 13.9 Å². The third-order valence-electron chi connectivity index (χ3n) is 3.58. The lowest BCUT2D eigenvalue weighted by molar-refractivity contribution is -0.385. The molecule has 24 heavy (non-hydrogen) atoms. The summed E-state index contributed by atoms with van der Waals surface area (Å²) in [7, 11) is 2.70. The van der Waals surface area contributed by atoms with Gasteiger partial charge >= 0.3 is 5.69 Å². The lowest BCUT2D eigenvalue weighted by atomic mass is 10.1. The summed E-state index contributed by atoms with van der Waals surface area (Å²) in [6.45, 7) is 0. The molecular weight excluding hydrogens is 314 g/mol. The smallest absolute Gasteiger partial charge is 0.315 e. The number of methoxy groups -OCH3 is 2.